The van der Waals surface area contributed by atoms with Crippen LogP contribution in [0.2, 0.25) is 0 Å². The van der Waals surface area contributed by atoms with Crippen LogP contribution in [0.4, 0.5) is 0 Å². The first-order chi connectivity index (χ1) is 2.56. The average Bonchev–Trinajstić information content (AvgIpc) is 1.35. The van der Waals surface area contributed by atoms with E-state index in [2.05, 4.69) is 4.43 Å². The molecular formula is CH3Li3O4Si. The molecule has 0 atom stereocenters. The normalized spacial score (nSPS) is 8.00. The van der Waals surface area contributed by atoms with Gasteiger partial charge in [-0.15, -0.1) is 9.05 Å². The van der Waals surface area contributed by atoms with Crippen LogP contribution in [0.3, 0.4) is 0 Å². The van der Waals surface area contributed by atoms with E-state index in [1.54, 1.807) is 0 Å². The topological polar surface area (TPSA) is 78.4 Å². The van der Waals surface area contributed by atoms with E-state index in [1.165, 1.54) is 0 Å². The van der Waals surface area contributed by atoms with Gasteiger partial charge in [0.15, 0.2) is 0 Å². The summed E-state index contributed by atoms with van der Waals surface area (Å²) in [7, 11) is -4.05. The molecule has 0 rings (SSSR count). The standard InChI is InChI=1S/CH3O4Si.3Li/c1-5-6(2,3)4;;;/h1H3;;;/q-3;3*+1. The first kappa shape index (κ1) is 22.4. The zero-order chi connectivity index (χ0) is 5.21. The van der Waals surface area contributed by atoms with Gasteiger partial charge in [-0.05, 0) is 0 Å². The minimum atomic E-state index is -4.88. The molecule has 0 fully saturated rings. The van der Waals surface area contributed by atoms with E-state index in [-0.39, 0.29) is 56.6 Å². The van der Waals surface area contributed by atoms with Gasteiger partial charge in [0, 0.05) is 7.11 Å². The maximum absolute atomic E-state index is 9.28. The Bertz CT molecular complexity index is 45.6. The third kappa shape index (κ3) is 25.8. The van der Waals surface area contributed by atoms with Crippen LogP contribution in [0.25, 0.3) is 0 Å². The molecule has 0 saturated heterocycles. The van der Waals surface area contributed by atoms with Crippen molar-refractivity contribution in [3.8, 4) is 0 Å². The monoisotopic (exact) mass is 128 g/mol. The molecule has 0 N–H and O–H groups in total. The summed E-state index contributed by atoms with van der Waals surface area (Å²) in [6.45, 7) is 0. The fraction of sp³-hybridized carbons (Fsp3) is 1.00. The molecule has 0 unspecified atom stereocenters. The van der Waals surface area contributed by atoms with Crippen molar-refractivity contribution in [2.45, 2.75) is 0 Å². The summed E-state index contributed by atoms with van der Waals surface area (Å²) < 4.78 is 3.41. The Morgan fingerprint density at radius 1 is 1.00 bits per heavy atom. The molecule has 0 aliphatic rings. The van der Waals surface area contributed by atoms with Crippen LogP contribution >= 0.6 is 0 Å². The number of rotatable bonds is 1. The molecule has 0 aromatic rings. The third-order valence-corrected chi connectivity index (χ3v) is 0.750. The van der Waals surface area contributed by atoms with Gasteiger partial charge in [-0.2, -0.15) is 0 Å². The largest absolute Gasteiger partial charge is 1.00 e. The van der Waals surface area contributed by atoms with Crippen LogP contribution in [-0.4, -0.2) is 16.2 Å². The summed E-state index contributed by atoms with van der Waals surface area (Å²) in [5, 5.41) is 0. The van der Waals surface area contributed by atoms with Gasteiger partial charge in [-0.25, -0.2) is 0 Å². The molecule has 9 heavy (non-hydrogen) atoms. The van der Waals surface area contributed by atoms with Crippen molar-refractivity contribution in [1.29, 1.82) is 0 Å². The van der Waals surface area contributed by atoms with Crippen LogP contribution in [0, 0.1) is 0 Å². The van der Waals surface area contributed by atoms with E-state index < -0.39 is 9.05 Å². The summed E-state index contributed by atoms with van der Waals surface area (Å²) in [5.41, 5.74) is 0. The van der Waals surface area contributed by atoms with Gasteiger partial charge < -0.3 is 18.8 Å². The van der Waals surface area contributed by atoms with Crippen molar-refractivity contribution < 1.29 is 75.4 Å². The molecule has 0 bridgehead atoms. The van der Waals surface area contributed by atoms with E-state index in [9.17, 15) is 14.4 Å². The van der Waals surface area contributed by atoms with Crippen LogP contribution in [0.15, 0.2) is 0 Å². The van der Waals surface area contributed by atoms with Crippen molar-refractivity contribution in [3.05, 3.63) is 0 Å². The van der Waals surface area contributed by atoms with E-state index in [0.717, 1.165) is 7.11 Å². The Morgan fingerprint density at radius 2 is 1.11 bits per heavy atom. The van der Waals surface area contributed by atoms with E-state index >= 15 is 0 Å². The predicted octanol–water partition coefficient (Wildman–Crippen LogP) is -12.8. The quantitative estimate of drug-likeness (QED) is 0.328. The molecule has 0 spiro atoms. The third-order valence-electron chi connectivity index (χ3n) is 0.250. The summed E-state index contributed by atoms with van der Waals surface area (Å²) in [5.74, 6) is 0. The summed E-state index contributed by atoms with van der Waals surface area (Å²) >= 11 is 0. The SMILES string of the molecule is CO[Si]([O-])([O-])[O-].[Li+].[Li+].[Li+]. The van der Waals surface area contributed by atoms with Crippen molar-refractivity contribution in [1.82, 2.24) is 0 Å². The van der Waals surface area contributed by atoms with Crippen LogP contribution in [0.5, 0.6) is 0 Å². The average molecular weight is 128 g/mol. The van der Waals surface area contributed by atoms with Gasteiger partial charge in [-0.1, -0.05) is 0 Å². The first-order valence-corrected chi connectivity index (χ1v) is 2.86. The zero-order valence-corrected chi connectivity index (χ0v) is 7.13. The van der Waals surface area contributed by atoms with E-state index in [0.29, 0.717) is 0 Å². The Labute approximate surface area is 91.0 Å². The molecule has 38 valence electrons. The molecule has 0 heterocycles. The van der Waals surface area contributed by atoms with Gasteiger partial charge in [0.05, 0.1) is 0 Å². The second kappa shape index (κ2) is 9.85. The molecule has 0 aliphatic carbocycles. The molecule has 0 aromatic heterocycles. The second-order valence-corrected chi connectivity index (χ2v) is 2.11. The molecule has 8 heteroatoms. The minimum absolute atomic E-state index is 0. The summed E-state index contributed by atoms with van der Waals surface area (Å²) in [6.07, 6.45) is 0. The smallest absolute Gasteiger partial charge is 0.861 e. The van der Waals surface area contributed by atoms with Gasteiger partial charge in [0.1, 0.15) is 0 Å². The van der Waals surface area contributed by atoms with Crippen molar-refractivity contribution in [3.63, 3.8) is 0 Å². The van der Waals surface area contributed by atoms with E-state index in [1.807, 2.05) is 0 Å². The Balaban J connectivity index is -0.0000000417. The molecule has 0 amide bonds. The molecule has 4 nitrogen and oxygen atoms in total. The fourth-order valence-corrected chi connectivity index (χ4v) is 0. The van der Waals surface area contributed by atoms with Crippen molar-refractivity contribution in [2.24, 2.45) is 0 Å². The Morgan fingerprint density at radius 3 is 1.11 bits per heavy atom. The maximum Gasteiger partial charge on any atom is 1.00 e. The first-order valence-electron chi connectivity index (χ1n) is 1.22. The zero-order valence-electron chi connectivity index (χ0n) is 6.13. The maximum atomic E-state index is 9.28. The number of hydrogen-bond donors (Lipinski definition) is 0. The Hall–Kier alpha value is 1.85. The van der Waals surface area contributed by atoms with Gasteiger partial charge in [0.2, 0.25) is 0 Å². The number of hydrogen-bond acceptors (Lipinski definition) is 4. The van der Waals surface area contributed by atoms with Crippen LogP contribution in [0.1, 0.15) is 0 Å². The van der Waals surface area contributed by atoms with Gasteiger partial charge in [0.25, 0.3) is 0 Å². The van der Waals surface area contributed by atoms with Crippen molar-refractivity contribution in [2.75, 3.05) is 7.11 Å². The molecular weight excluding hydrogens is 125 g/mol. The summed E-state index contributed by atoms with van der Waals surface area (Å²) in [6, 6.07) is 0. The predicted molar refractivity (Wildman–Crippen MR) is 12.8 cm³/mol. The van der Waals surface area contributed by atoms with E-state index in [4.69, 9.17) is 0 Å². The van der Waals surface area contributed by atoms with Gasteiger partial charge >= 0.3 is 56.6 Å². The minimum Gasteiger partial charge on any atom is -0.861 e. The summed E-state index contributed by atoms with van der Waals surface area (Å²) in [4.78, 5) is 27.8. The van der Waals surface area contributed by atoms with Crippen LogP contribution in [-0.2, 0) is 4.43 Å². The van der Waals surface area contributed by atoms with Gasteiger partial charge in [-0.3, -0.25) is 0 Å². The van der Waals surface area contributed by atoms with Crippen LogP contribution < -0.4 is 71.0 Å². The van der Waals surface area contributed by atoms with Crippen molar-refractivity contribution >= 4 is 9.05 Å². The second-order valence-electron chi connectivity index (χ2n) is 0.704. The molecule has 0 aliphatic heterocycles. The molecule has 0 aromatic carbocycles. The molecule has 0 radical (unpaired) electrons. The Kier molecular flexibility index (Phi) is 24.6. The fourth-order valence-electron chi connectivity index (χ4n) is 0. The molecule has 0 saturated carbocycles.